The summed E-state index contributed by atoms with van der Waals surface area (Å²) in [6.07, 6.45) is -3.65. The minimum Gasteiger partial charge on any atom is -0.508 e. The summed E-state index contributed by atoms with van der Waals surface area (Å²) in [5, 5.41) is 20.6. The second-order valence-electron chi connectivity index (χ2n) is 12.1. The third-order valence-electron chi connectivity index (χ3n) is 9.00. The Morgan fingerprint density at radius 2 is 1.47 bits per heavy atom. The zero-order chi connectivity index (χ0) is 31.5. The molecule has 2 aliphatic rings. The third kappa shape index (κ3) is 8.09. The fourth-order valence-corrected chi connectivity index (χ4v) is 7.71. The molecule has 0 aliphatic heterocycles. The predicted octanol–water partition coefficient (Wildman–Crippen LogP) is 7.82. The van der Waals surface area contributed by atoms with Crippen molar-refractivity contribution >= 4 is 21.0 Å². The van der Waals surface area contributed by atoms with Gasteiger partial charge in [0.1, 0.15) is 21.3 Å². The molecular weight excluding hydrogens is 591 g/mol. The van der Waals surface area contributed by atoms with Crippen molar-refractivity contribution in [2.45, 2.75) is 82.9 Å². The Labute approximate surface area is 249 Å². The summed E-state index contributed by atoms with van der Waals surface area (Å²) in [5.74, 6) is -4.63. The normalized spacial score (nSPS) is 23.0. The highest BCUT2D eigenvalue weighted by molar-refractivity contribution is 7.91. The molecule has 2 aromatic rings. The number of hydrogen-bond acceptors (Lipinski definition) is 5. The van der Waals surface area contributed by atoms with E-state index < -0.39 is 40.5 Å². The summed E-state index contributed by atoms with van der Waals surface area (Å²) in [6, 6.07) is 14.9. The molecular formula is C32H39F5O5S. The molecule has 0 amide bonds. The monoisotopic (exact) mass is 630 g/mol. The lowest BCUT2D eigenvalue weighted by Gasteiger charge is -2.41. The lowest BCUT2D eigenvalue weighted by molar-refractivity contribution is -0.284. The van der Waals surface area contributed by atoms with Crippen molar-refractivity contribution < 1.29 is 45.3 Å². The van der Waals surface area contributed by atoms with Gasteiger partial charge in [0.15, 0.2) is 0 Å². The number of halogens is 5. The molecule has 2 aliphatic carbocycles. The van der Waals surface area contributed by atoms with Crippen LogP contribution in [0.15, 0.2) is 48.5 Å². The number of ether oxygens (including phenoxy) is 1. The van der Waals surface area contributed by atoms with Crippen molar-refractivity contribution in [3.63, 3.8) is 0 Å². The van der Waals surface area contributed by atoms with Gasteiger partial charge in [-0.15, -0.1) is 0 Å². The second-order valence-corrected chi connectivity index (χ2v) is 14.4. The number of rotatable bonds is 13. The Bertz CT molecular complexity index is 1370. The summed E-state index contributed by atoms with van der Waals surface area (Å²) >= 11 is 0. The number of fused-ring (bicyclic) bond motifs is 1. The van der Waals surface area contributed by atoms with Crippen LogP contribution in [0.3, 0.4) is 0 Å². The summed E-state index contributed by atoms with van der Waals surface area (Å²) < 4.78 is 92.5. The molecule has 1 fully saturated rings. The second kappa shape index (κ2) is 13.1. The largest absolute Gasteiger partial charge is 0.508 e. The molecule has 5 nitrogen and oxygen atoms in total. The minimum absolute atomic E-state index is 0.202. The molecule has 4 rings (SSSR count). The third-order valence-corrected chi connectivity index (χ3v) is 10.8. The number of aliphatic hydroxyl groups is 1. The number of hydrogen-bond donors (Lipinski definition) is 2. The van der Waals surface area contributed by atoms with Gasteiger partial charge in [-0.05, 0) is 104 Å². The first-order chi connectivity index (χ1) is 20.1. The Morgan fingerprint density at radius 1 is 0.860 bits per heavy atom. The average Bonchev–Trinajstić information content (AvgIpc) is 3.23. The van der Waals surface area contributed by atoms with Crippen molar-refractivity contribution in [3.8, 4) is 11.5 Å². The fourth-order valence-electron chi connectivity index (χ4n) is 6.28. The van der Waals surface area contributed by atoms with E-state index in [1.165, 1.54) is 11.1 Å². The predicted molar refractivity (Wildman–Crippen MR) is 156 cm³/mol. The van der Waals surface area contributed by atoms with Crippen molar-refractivity contribution in [2.75, 3.05) is 18.1 Å². The summed E-state index contributed by atoms with van der Waals surface area (Å²) in [4.78, 5) is 0. The van der Waals surface area contributed by atoms with Gasteiger partial charge >= 0.3 is 12.1 Å². The molecule has 2 aromatic carbocycles. The molecule has 0 spiro atoms. The lowest BCUT2D eigenvalue weighted by Crippen LogP contribution is -2.36. The lowest BCUT2D eigenvalue weighted by atomic mass is 9.64. The van der Waals surface area contributed by atoms with Gasteiger partial charge in [0.2, 0.25) is 0 Å². The van der Waals surface area contributed by atoms with Crippen LogP contribution in [-0.4, -0.2) is 54.9 Å². The molecule has 11 heteroatoms. The van der Waals surface area contributed by atoms with E-state index in [4.69, 9.17) is 4.74 Å². The first-order valence-corrected chi connectivity index (χ1v) is 16.5. The van der Waals surface area contributed by atoms with Gasteiger partial charge in [0, 0.05) is 11.8 Å². The van der Waals surface area contributed by atoms with Crippen LogP contribution < -0.4 is 4.74 Å². The highest BCUT2D eigenvalue weighted by Gasteiger charge is 2.56. The number of allylic oxidation sites excluding steroid dienone is 2. The fraction of sp³-hybridized carbons (Fsp3) is 0.562. The molecule has 2 N–H and O–H groups in total. The maximum Gasteiger partial charge on any atom is 0.453 e. The zero-order valence-corrected chi connectivity index (χ0v) is 25.0. The van der Waals surface area contributed by atoms with E-state index in [1.54, 1.807) is 12.1 Å². The highest BCUT2D eigenvalue weighted by atomic mass is 32.2. The first-order valence-electron chi connectivity index (χ1n) is 14.7. The first kappa shape index (κ1) is 33.2. The van der Waals surface area contributed by atoms with E-state index in [0.29, 0.717) is 31.1 Å². The number of aliphatic hydroxyl groups excluding tert-OH is 1. The average molecular weight is 631 g/mol. The summed E-state index contributed by atoms with van der Waals surface area (Å²) in [5.41, 5.74) is 4.27. The molecule has 0 saturated heterocycles. The van der Waals surface area contributed by atoms with E-state index in [9.17, 15) is 40.6 Å². The molecule has 0 radical (unpaired) electrons. The van der Waals surface area contributed by atoms with E-state index in [0.717, 1.165) is 36.8 Å². The molecule has 43 heavy (non-hydrogen) atoms. The van der Waals surface area contributed by atoms with Crippen LogP contribution in [0.1, 0.15) is 75.8 Å². The number of sulfone groups is 1. The standard InChI is InChI=1S/C32H39F5O5S/c1-30-21-28(27(20-24(30)10-15-29(30)39)22-6-11-25(38)12-7-22)23-8-13-26(14-9-23)42-17-3-2-4-18-43(40,41)19-5-16-31(33,34)32(35,36)37/h6-9,11-14,24,29,38-39H,2-5,10,15-21H2,1H3/t24-,29-,30-/m0/s1. The van der Waals surface area contributed by atoms with E-state index in [1.807, 2.05) is 36.4 Å². The Morgan fingerprint density at radius 3 is 2.12 bits per heavy atom. The van der Waals surface area contributed by atoms with E-state index in [2.05, 4.69) is 6.92 Å². The van der Waals surface area contributed by atoms with Gasteiger partial charge in [-0.1, -0.05) is 31.2 Å². The van der Waals surface area contributed by atoms with Crippen LogP contribution in [0.4, 0.5) is 22.0 Å². The minimum atomic E-state index is -5.68. The molecule has 1 saturated carbocycles. The molecule has 238 valence electrons. The van der Waals surface area contributed by atoms with Crippen LogP contribution in [0, 0.1) is 11.3 Å². The molecule has 0 aromatic heterocycles. The SMILES string of the molecule is C[C@]12CC(c3ccc(OCCCCCS(=O)(=O)CCCC(F)(F)C(F)(F)F)cc3)=C(c3ccc(O)cc3)C[C@@H]1CC[C@@H]2O. The number of unbranched alkanes of at least 4 members (excludes halogenated alkanes) is 2. The van der Waals surface area contributed by atoms with E-state index >= 15 is 0 Å². The van der Waals surface area contributed by atoms with Crippen molar-refractivity contribution in [3.05, 3.63) is 59.7 Å². The quantitative estimate of drug-likeness (QED) is 0.174. The maximum atomic E-state index is 13.0. The van der Waals surface area contributed by atoms with Crippen LogP contribution in [0.25, 0.3) is 11.1 Å². The van der Waals surface area contributed by atoms with E-state index in [-0.39, 0.29) is 29.4 Å². The number of alkyl halides is 5. The van der Waals surface area contributed by atoms with Crippen LogP contribution in [0.5, 0.6) is 11.5 Å². The van der Waals surface area contributed by atoms with Gasteiger partial charge in [-0.3, -0.25) is 0 Å². The number of phenols is 1. The number of aromatic hydroxyl groups is 1. The highest BCUT2D eigenvalue weighted by Crippen LogP contribution is 2.57. The molecule has 0 heterocycles. The molecule has 0 unspecified atom stereocenters. The Balaban J connectivity index is 1.28. The Hall–Kier alpha value is -2.66. The topological polar surface area (TPSA) is 83.8 Å². The summed E-state index contributed by atoms with van der Waals surface area (Å²) in [7, 11) is -3.72. The van der Waals surface area contributed by atoms with Crippen LogP contribution in [0.2, 0.25) is 0 Å². The van der Waals surface area contributed by atoms with Crippen molar-refractivity contribution in [2.24, 2.45) is 11.3 Å². The van der Waals surface area contributed by atoms with Gasteiger partial charge in [0.25, 0.3) is 0 Å². The zero-order valence-electron chi connectivity index (χ0n) is 24.2. The molecule has 0 bridgehead atoms. The maximum absolute atomic E-state index is 13.0. The Kier molecular flexibility index (Phi) is 10.2. The van der Waals surface area contributed by atoms with Gasteiger partial charge in [-0.2, -0.15) is 22.0 Å². The number of phenolic OH excluding ortho intramolecular Hbond substituents is 1. The smallest absolute Gasteiger partial charge is 0.453 e. The van der Waals surface area contributed by atoms with Crippen LogP contribution in [-0.2, 0) is 9.84 Å². The number of benzene rings is 2. The van der Waals surface area contributed by atoms with Crippen LogP contribution >= 0.6 is 0 Å². The van der Waals surface area contributed by atoms with Gasteiger partial charge < -0.3 is 14.9 Å². The van der Waals surface area contributed by atoms with Gasteiger partial charge in [0.05, 0.1) is 24.2 Å². The van der Waals surface area contributed by atoms with Crippen molar-refractivity contribution in [1.29, 1.82) is 0 Å². The summed E-state index contributed by atoms with van der Waals surface area (Å²) in [6.45, 7) is 2.50. The van der Waals surface area contributed by atoms with Crippen molar-refractivity contribution in [1.82, 2.24) is 0 Å². The molecule has 3 atom stereocenters. The van der Waals surface area contributed by atoms with Gasteiger partial charge in [-0.25, -0.2) is 8.42 Å².